The number of fused-ring (bicyclic) bond motifs is 1. The molecule has 0 amide bonds. The number of halogens is 2. The predicted molar refractivity (Wildman–Crippen MR) is 134 cm³/mol. The molecule has 0 saturated heterocycles. The van der Waals surface area contributed by atoms with E-state index in [-0.39, 0.29) is 23.2 Å². The molecule has 0 radical (unpaired) electrons. The smallest absolute Gasteiger partial charge is 0.307 e. The normalized spacial score (nSPS) is 10.8. The van der Waals surface area contributed by atoms with Crippen LogP contribution in [-0.2, 0) is 0 Å². The lowest BCUT2D eigenvalue weighted by Gasteiger charge is -2.14. The maximum atomic E-state index is 14.1. The van der Waals surface area contributed by atoms with Crippen molar-refractivity contribution >= 4 is 28.2 Å². The molecule has 5 rings (SSSR count). The van der Waals surface area contributed by atoms with Crippen LogP contribution in [0.15, 0.2) is 85.1 Å². The zero-order chi connectivity index (χ0) is 25.9. The molecule has 0 saturated carbocycles. The molecule has 0 bridgehead atoms. The number of nitro benzene ring substituents is 1. The molecule has 0 atom stereocenters. The standard InChI is InChI=1S/C27H18F2N4O4/c1-36-25-13-22(29)24(33(34)35)14-23(25)31-27-30-15-17-11-20(37-19-9-7-18(28)8-10-19)12-21(26(17)32-27)16-5-3-2-4-6-16/h2-15H,1H3,(H,30,31,32). The first kappa shape index (κ1) is 23.6. The molecule has 0 fully saturated rings. The first-order valence-electron chi connectivity index (χ1n) is 11.0. The van der Waals surface area contributed by atoms with Gasteiger partial charge in [-0.05, 0) is 42.0 Å². The number of nitrogens with zero attached hydrogens (tertiary/aromatic N) is 3. The van der Waals surface area contributed by atoms with Gasteiger partial charge in [-0.2, -0.15) is 4.39 Å². The van der Waals surface area contributed by atoms with Gasteiger partial charge >= 0.3 is 5.69 Å². The number of nitrogens with one attached hydrogen (secondary N) is 1. The molecule has 184 valence electrons. The SMILES string of the molecule is COc1cc(F)c([N+](=O)[O-])cc1Nc1ncc2cc(Oc3ccc(F)cc3)cc(-c3ccccc3)c2n1. The number of anilines is 2. The Morgan fingerprint density at radius 2 is 1.70 bits per heavy atom. The summed E-state index contributed by atoms with van der Waals surface area (Å²) >= 11 is 0. The number of methoxy groups -OCH3 is 1. The van der Waals surface area contributed by atoms with E-state index >= 15 is 0 Å². The summed E-state index contributed by atoms with van der Waals surface area (Å²) in [6, 6.07) is 20.7. The van der Waals surface area contributed by atoms with Gasteiger partial charge in [0.1, 0.15) is 23.1 Å². The number of rotatable bonds is 7. The molecule has 0 aliphatic rings. The molecule has 10 heteroatoms. The number of ether oxygens (including phenoxy) is 2. The average Bonchev–Trinajstić information content (AvgIpc) is 2.90. The zero-order valence-corrected chi connectivity index (χ0v) is 19.3. The van der Waals surface area contributed by atoms with Crippen LogP contribution in [0.5, 0.6) is 17.2 Å². The van der Waals surface area contributed by atoms with Crippen molar-refractivity contribution in [2.45, 2.75) is 0 Å². The topological polar surface area (TPSA) is 99.4 Å². The molecule has 0 unspecified atom stereocenters. The first-order valence-corrected chi connectivity index (χ1v) is 11.0. The fourth-order valence-electron chi connectivity index (χ4n) is 3.78. The van der Waals surface area contributed by atoms with Gasteiger partial charge in [-0.3, -0.25) is 10.1 Å². The van der Waals surface area contributed by atoms with E-state index in [0.717, 1.165) is 23.3 Å². The molecule has 8 nitrogen and oxygen atoms in total. The second-order valence-electron chi connectivity index (χ2n) is 7.91. The average molecular weight is 500 g/mol. The van der Waals surface area contributed by atoms with Gasteiger partial charge in [-0.15, -0.1) is 0 Å². The molecule has 5 aromatic rings. The van der Waals surface area contributed by atoms with E-state index in [1.54, 1.807) is 18.3 Å². The minimum atomic E-state index is -1.02. The van der Waals surface area contributed by atoms with Crippen molar-refractivity contribution in [3.8, 4) is 28.4 Å². The van der Waals surface area contributed by atoms with Crippen LogP contribution in [0.1, 0.15) is 0 Å². The van der Waals surface area contributed by atoms with Crippen LogP contribution in [-0.4, -0.2) is 22.0 Å². The van der Waals surface area contributed by atoms with Crippen molar-refractivity contribution in [1.82, 2.24) is 9.97 Å². The van der Waals surface area contributed by atoms with Crippen LogP contribution < -0.4 is 14.8 Å². The minimum absolute atomic E-state index is 0.0538. The highest BCUT2D eigenvalue weighted by atomic mass is 19.1. The van der Waals surface area contributed by atoms with Crippen molar-refractivity contribution < 1.29 is 23.2 Å². The van der Waals surface area contributed by atoms with Gasteiger partial charge in [0.05, 0.1) is 23.2 Å². The lowest BCUT2D eigenvalue weighted by molar-refractivity contribution is -0.387. The van der Waals surface area contributed by atoms with Gasteiger partial charge in [-0.1, -0.05) is 30.3 Å². The lowest BCUT2D eigenvalue weighted by atomic mass is 10.0. The molecule has 4 aromatic carbocycles. The van der Waals surface area contributed by atoms with E-state index in [1.807, 2.05) is 30.3 Å². The maximum absolute atomic E-state index is 14.1. The Hall–Kier alpha value is -5.12. The van der Waals surface area contributed by atoms with Gasteiger partial charge in [0.15, 0.2) is 0 Å². The fourth-order valence-corrected chi connectivity index (χ4v) is 3.78. The third kappa shape index (κ3) is 4.98. The molecule has 0 aliphatic heterocycles. The van der Waals surface area contributed by atoms with E-state index in [4.69, 9.17) is 9.47 Å². The predicted octanol–water partition coefficient (Wildman–Crippen LogP) is 7.03. The summed E-state index contributed by atoms with van der Waals surface area (Å²) in [4.78, 5) is 19.4. The highest BCUT2D eigenvalue weighted by molar-refractivity contribution is 5.95. The van der Waals surface area contributed by atoms with Gasteiger partial charge in [0, 0.05) is 29.3 Å². The molecule has 37 heavy (non-hydrogen) atoms. The zero-order valence-electron chi connectivity index (χ0n) is 19.3. The third-order valence-electron chi connectivity index (χ3n) is 5.50. The fraction of sp³-hybridized carbons (Fsp3) is 0.0370. The van der Waals surface area contributed by atoms with Gasteiger partial charge < -0.3 is 14.8 Å². The van der Waals surface area contributed by atoms with Crippen molar-refractivity contribution in [2.75, 3.05) is 12.4 Å². The maximum Gasteiger partial charge on any atom is 0.307 e. The van der Waals surface area contributed by atoms with E-state index in [9.17, 15) is 18.9 Å². The Kier molecular flexibility index (Phi) is 6.29. The van der Waals surface area contributed by atoms with Crippen LogP contribution in [0.25, 0.3) is 22.0 Å². The van der Waals surface area contributed by atoms with Crippen molar-refractivity contribution in [1.29, 1.82) is 0 Å². The summed E-state index contributed by atoms with van der Waals surface area (Å²) in [6.45, 7) is 0. The summed E-state index contributed by atoms with van der Waals surface area (Å²) in [6.07, 6.45) is 1.57. The molecule has 1 N–H and O–H groups in total. The summed E-state index contributed by atoms with van der Waals surface area (Å²) in [5.74, 6) is -0.254. The summed E-state index contributed by atoms with van der Waals surface area (Å²) in [7, 11) is 1.32. The summed E-state index contributed by atoms with van der Waals surface area (Å²) in [5, 5.41) is 14.8. The van der Waals surface area contributed by atoms with Crippen molar-refractivity contribution in [3.05, 3.63) is 107 Å². The third-order valence-corrected chi connectivity index (χ3v) is 5.50. The van der Waals surface area contributed by atoms with Crippen LogP contribution in [0.4, 0.5) is 26.1 Å². The Labute approximate surface area is 209 Å². The van der Waals surface area contributed by atoms with Crippen LogP contribution in [0.3, 0.4) is 0 Å². The number of hydrogen-bond acceptors (Lipinski definition) is 7. The number of nitro groups is 1. The lowest BCUT2D eigenvalue weighted by Crippen LogP contribution is -2.02. The summed E-state index contributed by atoms with van der Waals surface area (Å²) < 4.78 is 38.5. The number of aromatic nitrogens is 2. The largest absolute Gasteiger partial charge is 0.494 e. The molecule has 1 aromatic heterocycles. The van der Waals surface area contributed by atoms with E-state index in [2.05, 4.69) is 15.3 Å². The second-order valence-corrected chi connectivity index (χ2v) is 7.91. The van der Waals surface area contributed by atoms with E-state index in [1.165, 1.54) is 31.4 Å². The monoisotopic (exact) mass is 500 g/mol. The van der Waals surface area contributed by atoms with Crippen LogP contribution in [0, 0.1) is 21.7 Å². The van der Waals surface area contributed by atoms with Crippen molar-refractivity contribution in [2.24, 2.45) is 0 Å². The Balaban J connectivity index is 1.59. The van der Waals surface area contributed by atoms with Crippen LogP contribution in [0.2, 0.25) is 0 Å². The quantitative estimate of drug-likeness (QED) is 0.189. The molecular formula is C27H18F2N4O4. The molecule has 0 spiro atoms. The first-order chi connectivity index (χ1) is 17.9. The van der Waals surface area contributed by atoms with Gasteiger partial charge in [0.25, 0.3) is 0 Å². The Morgan fingerprint density at radius 1 is 0.946 bits per heavy atom. The van der Waals surface area contributed by atoms with Crippen molar-refractivity contribution in [3.63, 3.8) is 0 Å². The Morgan fingerprint density at radius 3 is 2.41 bits per heavy atom. The minimum Gasteiger partial charge on any atom is -0.494 e. The number of benzene rings is 4. The highest BCUT2D eigenvalue weighted by Gasteiger charge is 2.20. The second kappa shape index (κ2) is 9.86. The van der Waals surface area contributed by atoms with E-state index in [0.29, 0.717) is 22.4 Å². The molecule has 0 aliphatic carbocycles. The molecular weight excluding hydrogens is 482 g/mol. The highest BCUT2D eigenvalue weighted by Crippen LogP contribution is 2.36. The summed E-state index contributed by atoms with van der Waals surface area (Å²) in [5.41, 5.74) is 1.59. The van der Waals surface area contributed by atoms with Crippen LogP contribution >= 0.6 is 0 Å². The van der Waals surface area contributed by atoms with Gasteiger partial charge in [-0.25, -0.2) is 14.4 Å². The van der Waals surface area contributed by atoms with E-state index < -0.39 is 16.4 Å². The number of hydrogen-bond donors (Lipinski definition) is 1. The van der Waals surface area contributed by atoms with Gasteiger partial charge in [0.2, 0.25) is 11.8 Å². The Bertz CT molecular complexity index is 1610. The molecule has 1 heterocycles.